The number of halogens is 3. The molecule has 0 atom stereocenters. The van der Waals surface area contributed by atoms with Crippen LogP contribution in [0.4, 0.5) is 18.0 Å². The van der Waals surface area contributed by atoms with Crippen molar-refractivity contribution in [2.45, 2.75) is 6.18 Å². The molecule has 0 aliphatic carbocycles. The van der Waals surface area contributed by atoms with Crippen molar-refractivity contribution in [1.82, 2.24) is 10.6 Å². The van der Waals surface area contributed by atoms with Gasteiger partial charge in [0.2, 0.25) is 0 Å². The van der Waals surface area contributed by atoms with E-state index in [4.69, 9.17) is 0 Å². The van der Waals surface area contributed by atoms with Crippen molar-refractivity contribution < 1.29 is 27.6 Å². The van der Waals surface area contributed by atoms with E-state index in [0.29, 0.717) is 0 Å². The number of barbiturate groups is 1. The van der Waals surface area contributed by atoms with Crippen molar-refractivity contribution in [1.29, 1.82) is 0 Å². The Kier molecular flexibility index (Phi) is 3.31. The maximum atomic E-state index is 12.8. The van der Waals surface area contributed by atoms with Crippen LogP contribution in [0.5, 0.6) is 0 Å². The number of amides is 4. The van der Waals surface area contributed by atoms with Crippen LogP contribution in [0.25, 0.3) is 6.08 Å². The third kappa shape index (κ3) is 2.68. The molecule has 0 bridgehead atoms. The van der Waals surface area contributed by atoms with Gasteiger partial charge in [-0.05, 0) is 17.7 Å². The van der Waals surface area contributed by atoms with E-state index < -0.39 is 35.2 Å². The molecule has 20 heavy (non-hydrogen) atoms. The minimum atomic E-state index is -4.62. The van der Waals surface area contributed by atoms with Crippen molar-refractivity contribution in [3.63, 3.8) is 0 Å². The van der Waals surface area contributed by atoms with Gasteiger partial charge in [-0.2, -0.15) is 13.2 Å². The molecular weight excluding hydrogens is 277 g/mol. The van der Waals surface area contributed by atoms with Crippen LogP contribution in [0.2, 0.25) is 0 Å². The van der Waals surface area contributed by atoms with E-state index in [1.165, 1.54) is 12.1 Å². The lowest BCUT2D eigenvalue weighted by molar-refractivity contribution is -0.137. The molecule has 1 aliphatic heterocycles. The highest BCUT2D eigenvalue weighted by molar-refractivity contribution is 6.31. The number of benzene rings is 1. The van der Waals surface area contributed by atoms with Crippen LogP contribution in [0, 0.1) is 0 Å². The predicted molar refractivity (Wildman–Crippen MR) is 61.1 cm³/mol. The summed E-state index contributed by atoms with van der Waals surface area (Å²) < 4.78 is 38.3. The normalized spacial score (nSPS) is 15.8. The quantitative estimate of drug-likeness (QED) is 0.605. The lowest BCUT2D eigenvalue weighted by Gasteiger charge is -2.15. The summed E-state index contributed by atoms with van der Waals surface area (Å²) in [7, 11) is 0. The molecule has 0 aromatic heterocycles. The molecule has 0 unspecified atom stereocenters. The first-order valence-corrected chi connectivity index (χ1v) is 5.33. The fraction of sp³-hybridized carbons (Fsp3) is 0.0833. The number of carbonyl (C=O) groups excluding carboxylic acids is 3. The molecule has 1 aromatic rings. The maximum Gasteiger partial charge on any atom is 0.416 e. The van der Waals surface area contributed by atoms with E-state index in [0.717, 1.165) is 18.2 Å². The summed E-state index contributed by atoms with van der Waals surface area (Å²) >= 11 is 0. The van der Waals surface area contributed by atoms with Gasteiger partial charge in [0.25, 0.3) is 11.8 Å². The molecule has 0 radical (unpaired) electrons. The monoisotopic (exact) mass is 284 g/mol. The molecule has 0 saturated carbocycles. The van der Waals surface area contributed by atoms with Crippen LogP contribution in [0.3, 0.4) is 0 Å². The number of nitrogens with one attached hydrogen (secondary N) is 2. The molecule has 5 nitrogen and oxygen atoms in total. The lowest BCUT2D eigenvalue weighted by atomic mass is 10.0. The Morgan fingerprint density at radius 3 is 2.05 bits per heavy atom. The van der Waals surface area contributed by atoms with Crippen molar-refractivity contribution in [2.24, 2.45) is 0 Å². The first-order valence-electron chi connectivity index (χ1n) is 5.33. The van der Waals surface area contributed by atoms with Crippen LogP contribution in [0.1, 0.15) is 11.1 Å². The highest BCUT2D eigenvalue weighted by atomic mass is 19.4. The second kappa shape index (κ2) is 4.80. The zero-order chi connectivity index (χ0) is 14.9. The lowest BCUT2D eigenvalue weighted by Crippen LogP contribution is -2.51. The number of rotatable bonds is 1. The molecule has 1 aliphatic rings. The SMILES string of the molecule is O=C1NC(=O)C(=Cc2ccccc2C(F)(F)F)C(=O)N1. The summed E-state index contributed by atoms with van der Waals surface area (Å²) in [5.74, 6) is -2.09. The molecule has 0 spiro atoms. The molecule has 104 valence electrons. The van der Waals surface area contributed by atoms with E-state index in [9.17, 15) is 27.6 Å². The maximum absolute atomic E-state index is 12.8. The Balaban J connectivity index is 2.48. The molecule has 1 saturated heterocycles. The van der Waals surface area contributed by atoms with E-state index in [-0.39, 0.29) is 5.56 Å². The highest BCUT2D eigenvalue weighted by Crippen LogP contribution is 2.32. The average Bonchev–Trinajstić information content (AvgIpc) is 2.33. The number of carbonyl (C=O) groups is 3. The molecule has 1 fully saturated rings. The standard InChI is InChI=1S/C12H7F3N2O3/c13-12(14,15)8-4-2-1-3-6(8)5-7-9(18)16-11(20)17-10(7)19/h1-5H,(H2,16,17,18,19,20). The number of alkyl halides is 3. The molecule has 1 heterocycles. The molecule has 2 N–H and O–H groups in total. The molecule has 1 aromatic carbocycles. The smallest absolute Gasteiger partial charge is 0.273 e. The fourth-order valence-electron chi connectivity index (χ4n) is 1.64. The number of urea groups is 1. The first-order chi connectivity index (χ1) is 9.29. The van der Waals surface area contributed by atoms with Gasteiger partial charge < -0.3 is 0 Å². The Hall–Kier alpha value is -2.64. The highest BCUT2D eigenvalue weighted by Gasteiger charge is 2.34. The van der Waals surface area contributed by atoms with Gasteiger partial charge in [0, 0.05) is 0 Å². The summed E-state index contributed by atoms with van der Waals surface area (Å²) in [6.45, 7) is 0. The Labute approximate surface area is 110 Å². The van der Waals surface area contributed by atoms with Crippen LogP contribution < -0.4 is 10.6 Å². The minimum absolute atomic E-state index is 0.338. The minimum Gasteiger partial charge on any atom is -0.273 e. The average molecular weight is 284 g/mol. The number of hydrogen-bond acceptors (Lipinski definition) is 3. The van der Waals surface area contributed by atoms with Gasteiger partial charge in [0.05, 0.1) is 5.56 Å². The van der Waals surface area contributed by atoms with Gasteiger partial charge in [0.15, 0.2) is 0 Å². The molecular formula is C12H7F3N2O3. The van der Waals surface area contributed by atoms with Crippen LogP contribution in [-0.2, 0) is 15.8 Å². The van der Waals surface area contributed by atoms with E-state index in [1.54, 1.807) is 10.6 Å². The number of hydrogen-bond donors (Lipinski definition) is 2. The van der Waals surface area contributed by atoms with Gasteiger partial charge in [-0.25, -0.2) is 4.79 Å². The molecule has 8 heteroatoms. The predicted octanol–water partition coefficient (Wildman–Crippen LogP) is 1.45. The van der Waals surface area contributed by atoms with Gasteiger partial charge in [0.1, 0.15) is 5.57 Å². The second-order valence-electron chi connectivity index (χ2n) is 3.88. The van der Waals surface area contributed by atoms with Crippen molar-refractivity contribution in [3.05, 3.63) is 41.0 Å². The van der Waals surface area contributed by atoms with Crippen LogP contribution >= 0.6 is 0 Å². The van der Waals surface area contributed by atoms with Crippen molar-refractivity contribution in [3.8, 4) is 0 Å². The topological polar surface area (TPSA) is 75.3 Å². The summed E-state index contributed by atoms with van der Waals surface area (Å²) in [5.41, 5.74) is -1.89. The largest absolute Gasteiger partial charge is 0.416 e. The van der Waals surface area contributed by atoms with Gasteiger partial charge >= 0.3 is 12.2 Å². The summed E-state index contributed by atoms with van der Waals surface area (Å²) in [6, 6.07) is 3.46. The van der Waals surface area contributed by atoms with Crippen molar-refractivity contribution in [2.75, 3.05) is 0 Å². The third-order valence-electron chi connectivity index (χ3n) is 2.51. The Morgan fingerprint density at radius 2 is 1.50 bits per heavy atom. The zero-order valence-corrected chi connectivity index (χ0v) is 9.75. The van der Waals surface area contributed by atoms with Crippen molar-refractivity contribution >= 4 is 23.9 Å². The van der Waals surface area contributed by atoms with Crippen LogP contribution in [0.15, 0.2) is 29.8 Å². The molecule has 4 amide bonds. The summed E-state index contributed by atoms with van der Waals surface area (Å²) in [5, 5.41) is 3.56. The van der Waals surface area contributed by atoms with Gasteiger partial charge in [-0.1, -0.05) is 18.2 Å². The van der Waals surface area contributed by atoms with E-state index in [1.807, 2.05) is 0 Å². The Bertz CT molecular complexity index is 613. The van der Waals surface area contributed by atoms with E-state index in [2.05, 4.69) is 0 Å². The fourth-order valence-corrected chi connectivity index (χ4v) is 1.64. The van der Waals surface area contributed by atoms with Gasteiger partial charge in [-0.3, -0.25) is 20.2 Å². The Morgan fingerprint density at radius 1 is 0.950 bits per heavy atom. The first kappa shape index (κ1) is 13.8. The number of imide groups is 2. The van der Waals surface area contributed by atoms with Crippen LogP contribution in [-0.4, -0.2) is 17.8 Å². The molecule has 2 rings (SSSR count). The third-order valence-corrected chi connectivity index (χ3v) is 2.51. The second-order valence-corrected chi connectivity index (χ2v) is 3.88. The zero-order valence-electron chi connectivity index (χ0n) is 9.75. The summed E-state index contributed by atoms with van der Waals surface area (Å²) in [6.07, 6.45) is -3.83. The summed E-state index contributed by atoms with van der Waals surface area (Å²) in [4.78, 5) is 33.7. The van der Waals surface area contributed by atoms with E-state index >= 15 is 0 Å². The van der Waals surface area contributed by atoms with Gasteiger partial charge in [-0.15, -0.1) is 0 Å².